The summed E-state index contributed by atoms with van der Waals surface area (Å²) in [6.45, 7) is 0. The van der Waals surface area contributed by atoms with Crippen molar-refractivity contribution in [2.75, 3.05) is 5.32 Å². The summed E-state index contributed by atoms with van der Waals surface area (Å²) in [5, 5.41) is 7.76. The van der Waals surface area contributed by atoms with Gasteiger partial charge in [-0.2, -0.15) is 0 Å². The monoisotopic (exact) mass is 426 g/mol. The third-order valence-corrected chi connectivity index (χ3v) is 4.64. The Balaban J connectivity index is 1.74. The summed E-state index contributed by atoms with van der Waals surface area (Å²) in [7, 11) is 0. The minimum atomic E-state index is -0.535. The Hall–Kier alpha value is -3.22. The molecule has 0 unspecified atom stereocenters. The van der Waals surface area contributed by atoms with Gasteiger partial charge in [0.05, 0.1) is 16.4 Å². The van der Waals surface area contributed by atoms with Gasteiger partial charge in [-0.3, -0.25) is 4.79 Å². The maximum absolute atomic E-state index is 13.3. The number of aromatic nitrogens is 3. The highest BCUT2D eigenvalue weighted by Gasteiger charge is 2.19. The molecule has 0 atom stereocenters. The molecule has 5 nitrogen and oxygen atoms in total. The topological polar surface area (TPSA) is 59.8 Å². The molecule has 0 radical (unpaired) electrons. The zero-order chi connectivity index (χ0) is 20.4. The maximum atomic E-state index is 13.3. The average Bonchev–Trinajstić information content (AvgIpc) is 3.17. The number of carbonyl (C=O) groups is 1. The summed E-state index contributed by atoms with van der Waals surface area (Å²) < 4.78 is 14.8. The lowest BCUT2D eigenvalue weighted by molar-refractivity contribution is 0.101. The summed E-state index contributed by atoms with van der Waals surface area (Å²) in [5.74, 6) is -0.513. The molecule has 0 spiro atoms. The van der Waals surface area contributed by atoms with Gasteiger partial charge >= 0.3 is 0 Å². The van der Waals surface area contributed by atoms with E-state index in [2.05, 4.69) is 15.4 Å². The van der Waals surface area contributed by atoms with Gasteiger partial charge in [0.1, 0.15) is 5.82 Å². The van der Waals surface area contributed by atoms with Crippen LogP contribution in [0.4, 0.5) is 10.1 Å². The second-order valence-electron chi connectivity index (χ2n) is 6.09. The van der Waals surface area contributed by atoms with Crippen molar-refractivity contribution < 1.29 is 9.18 Å². The Morgan fingerprint density at radius 3 is 2.38 bits per heavy atom. The van der Waals surface area contributed by atoms with E-state index in [-0.39, 0.29) is 11.6 Å². The van der Waals surface area contributed by atoms with Crippen molar-refractivity contribution in [2.24, 2.45) is 0 Å². The van der Waals surface area contributed by atoms with E-state index in [1.54, 1.807) is 24.3 Å². The van der Waals surface area contributed by atoms with E-state index in [4.69, 9.17) is 23.2 Å². The van der Waals surface area contributed by atoms with Crippen molar-refractivity contribution in [3.8, 4) is 17.1 Å². The number of rotatable bonds is 4. The third kappa shape index (κ3) is 4.13. The number of anilines is 1. The molecule has 1 amide bonds. The molecule has 1 aromatic heterocycles. The van der Waals surface area contributed by atoms with Crippen LogP contribution in [0.5, 0.6) is 0 Å². The van der Waals surface area contributed by atoms with Crippen molar-refractivity contribution in [2.45, 2.75) is 0 Å². The lowest BCUT2D eigenvalue weighted by Gasteiger charge is -2.05. The molecule has 144 valence electrons. The second kappa shape index (κ2) is 8.03. The lowest BCUT2D eigenvalue weighted by atomic mass is 10.2. The highest BCUT2D eigenvalue weighted by atomic mass is 35.5. The van der Waals surface area contributed by atoms with Crippen molar-refractivity contribution in [3.63, 3.8) is 0 Å². The van der Waals surface area contributed by atoms with E-state index in [9.17, 15) is 9.18 Å². The number of halogens is 3. The van der Waals surface area contributed by atoms with Gasteiger partial charge in [-0.1, -0.05) is 53.5 Å². The Bertz CT molecular complexity index is 1180. The molecule has 0 aliphatic heterocycles. The van der Waals surface area contributed by atoms with Gasteiger partial charge in [0.2, 0.25) is 5.82 Å². The molecular formula is C21H13Cl2FN4O. The predicted molar refractivity (Wildman–Crippen MR) is 111 cm³/mol. The first kappa shape index (κ1) is 19.1. The Morgan fingerprint density at radius 2 is 1.69 bits per heavy atom. The van der Waals surface area contributed by atoms with Crippen LogP contribution in [0.2, 0.25) is 10.0 Å². The maximum Gasteiger partial charge on any atom is 0.295 e. The van der Waals surface area contributed by atoms with Crippen LogP contribution in [-0.2, 0) is 0 Å². The van der Waals surface area contributed by atoms with Gasteiger partial charge in [-0.25, -0.2) is 14.1 Å². The van der Waals surface area contributed by atoms with E-state index in [1.807, 2.05) is 30.3 Å². The standard InChI is InChI=1S/C21H13Cl2FN4O/c22-14-6-11-18(17(23)12-14)25-21(29)19-26-20(13-4-2-1-3-5-13)28(27-19)16-9-7-15(24)8-10-16/h1-12H,(H,25,29). The smallest absolute Gasteiger partial charge is 0.295 e. The minimum absolute atomic E-state index is 0.0563. The predicted octanol–water partition coefficient (Wildman–Crippen LogP) is 5.63. The molecule has 0 aliphatic carbocycles. The first-order valence-corrected chi connectivity index (χ1v) is 9.32. The normalized spacial score (nSPS) is 10.7. The molecule has 3 aromatic carbocycles. The molecular weight excluding hydrogens is 414 g/mol. The summed E-state index contributed by atoms with van der Waals surface area (Å²) >= 11 is 12.0. The van der Waals surface area contributed by atoms with Gasteiger partial charge in [0.25, 0.3) is 5.91 Å². The number of hydrogen-bond donors (Lipinski definition) is 1. The summed E-state index contributed by atoms with van der Waals surface area (Å²) in [5.41, 5.74) is 1.72. The SMILES string of the molecule is O=C(Nc1ccc(Cl)cc1Cl)c1nc(-c2ccccc2)n(-c2ccc(F)cc2)n1. The van der Waals surface area contributed by atoms with Crippen LogP contribution in [0, 0.1) is 5.82 Å². The summed E-state index contributed by atoms with van der Waals surface area (Å²) in [6.07, 6.45) is 0. The molecule has 0 bridgehead atoms. The molecule has 4 rings (SSSR count). The van der Waals surface area contributed by atoms with Gasteiger partial charge < -0.3 is 5.32 Å². The Morgan fingerprint density at radius 1 is 0.966 bits per heavy atom. The highest BCUT2D eigenvalue weighted by molar-refractivity contribution is 6.36. The third-order valence-electron chi connectivity index (χ3n) is 4.09. The quantitative estimate of drug-likeness (QED) is 0.459. The van der Waals surface area contributed by atoms with Gasteiger partial charge in [0.15, 0.2) is 5.82 Å². The number of carbonyl (C=O) groups excluding carboxylic acids is 1. The Labute approximate surface area is 175 Å². The lowest BCUT2D eigenvalue weighted by Crippen LogP contribution is -2.14. The molecule has 0 saturated heterocycles. The van der Waals surface area contributed by atoms with Crippen LogP contribution in [0.25, 0.3) is 17.1 Å². The Kier molecular flexibility index (Phi) is 5.29. The van der Waals surface area contributed by atoms with Crippen molar-refractivity contribution >= 4 is 34.8 Å². The molecule has 4 aromatic rings. The molecule has 29 heavy (non-hydrogen) atoms. The van der Waals surface area contributed by atoms with Crippen LogP contribution in [0.15, 0.2) is 72.8 Å². The fourth-order valence-corrected chi connectivity index (χ4v) is 3.17. The van der Waals surface area contributed by atoms with Crippen molar-refractivity contribution in [1.82, 2.24) is 14.8 Å². The van der Waals surface area contributed by atoms with Crippen molar-refractivity contribution in [3.05, 3.63) is 94.5 Å². The van der Waals surface area contributed by atoms with Crippen molar-refractivity contribution in [1.29, 1.82) is 0 Å². The van der Waals surface area contributed by atoms with E-state index >= 15 is 0 Å². The second-order valence-corrected chi connectivity index (χ2v) is 6.94. The number of nitrogens with zero attached hydrogens (tertiary/aromatic N) is 3. The molecule has 0 saturated carbocycles. The number of benzene rings is 3. The summed E-state index contributed by atoms with van der Waals surface area (Å²) in [4.78, 5) is 17.1. The van der Waals surface area contributed by atoms with E-state index < -0.39 is 5.91 Å². The van der Waals surface area contributed by atoms with E-state index in [1.165, 1.54) is 22.9 Å². The van der Waals surface area contributed by atoms with Crippen LogP contribution in [0.3, 0.4) is 0 Å². The minimum Gasteiger partial charge on any atom is -0.318 e. The number of hydrogen-bond acceptors (Lipinski definition) is 3. The van der Waals surface area contributed by atoms with E-state index in [0.29, 0.717) is 27.2 Å². The highest BCUT2D eigenvalue weighted by Crippen LogP contribution is 2.26. The van der Waals surface area contributed by atoms with Crippen LogP contribution in [0.1, 0.15) is 10.6 Å². The van der Waals surface area contributed by atoms with Gasteiger partial charge in [-0.15, -0.1) is 5.10 Å². The average molecular weight is 427 g/mol. The first-order valence-electron chi connectivity index (χ1n) is 8.56. The fourth-order valence-electron chi connectivity index (χ4n) is 2.71. The van der Waals surface area contributed by atoms with E-state index in [0.717, 1.165) is 5.56 Å². The molecule has 8 heteroatoms. The molecule has 0 aliphatic rings. The number of nitrogens with one attached hydrogen (secondary N) is 1. The first-order chi connectivity index (χ1) is 14.0. The van der Waals surface area contributed by atoms with Crippen LogP contribution >= 0.6 is 23.2 Å². The molecule has 1 N–H and O–H groups in total. The fraction of sp³-hybridized carbons (Fsp3) is 0. The molecule has 1 heterocycles. The zero-order valence-electron chi connectivity index (χ0n) is 14.8. The molecule has 0 fully saturated rings. The van der Waals surface area contributed by atoms with Crippen LogP contribution in [-0.4, -0.2) is 20.7 Å². The van der Waals surface area contributed by atoms with Gasteiger partial charge in [0, 0.05) is 10.6 Å². The summed E-state index contributed by atoms with van der Waals surface area (Å²) in [6, 6.07) is 19.8. The van der Waals surface area contributed by atoms with Gasteiger partial charge in [-0.05, 0) is 42.5 Å². The zero-order valence-corrected chi connectivity index (χ0v) is 16.3. The van der Waals surface area contributed by atoms with Crippen LogP contribution < -0.4 is 5.32 Å². The largest absolute Gasteiger partial charge is 0.318 e. The number of amides is 1.